The Bertz CT molecular complexity index is 326. The third-order valence-electron chi connectivity index (χ3n) is 2.06. The lowest BCUT2D eigenvalue weighted by Crippen LogP contribution is -2.07. The van der Waals surface area contributed by atoms with Gasteiger partial charge in [-0.25, -0.2) is 0 Å². The first-order chi connectivity index (χ1) is 6.65. The van der Waals surface area contributed by atoms with Crippen molar-refractivity contribution in [2.45, 2.75) is 12.8 Å². The highest BCUT2D eigenvalue weighted by molar-refractivity contribution is 5.95. The Morgan fingerprint density at radius 3 is 2.86 bits per heavy atom. The van der Waals surface area contributed by atoms with Crippen LogP contribution in [-0.2, 0) is 0 Å². The average Bonchev–Trinajstić information content (AvgIpc) is 2.62. The number of anilines is 1. The number of nitrogens with one attached hydrogen (secondary N) is 1. The summed E-state index contributed by atoms with van der Waals surface area (Å²) in [5, 5.41) is 0. The Kier molecular flexibility index (Phi) is 3.51. The van der Waals surface area contributed by atoms with Gasteiger partial charge in [-0.2, -0.15) is 0 Å². The summed E-state index contributed by atoms with van der Waals surface area (Å²) in [6, 6.07) is 1.87. The van der Waals surface area contributed by atoms with E-state index in [1.165, 1.54) is 0 Å². The van der Waals surface area contributed by atoms with Crippen LogP contribution in [-0.4, -0.2) is 24.9 Å². The number of aromatic nitrogens is 1. The van der Waals surface area contributed by atoms with Gasteiger partial charge in [0.1, 0.15) is 0 Å². The standard InChI is InChI=1S/C11H16N2O/c1-4-5-6-11(14)10-7-9(8-12-10)13(2)3/h4,7-8,12H,1,5-6H2,2-3H3. The largest absolute Gasteiger partial charge is 0.376 e. The van der Waals surface area contributed by atoms with E-state index >= 15 is 0 Å². The summed E-state index contributed by atoms with van der Waals surface area (Å²) in [6.45, 7) is 3.59. The molecule has 0 fully saturated rings. The van der Waals surface area contributed by atoms with E-state index in [1.807, 2.05) is 31.3 Å². The van der Waals surface area contributed by atoms with E-state index in [0.717, 1.165) is 12.1 Å². The van der Waals surface area contributed by atoms with Crippen molar-refractivity contribution in [3.8, 4) is 0 Å². The molecule has 1 rings (SSSR count). The van der Waals surface area contributed by atoms with Crippen LogP contribution in [0.5, 0.6) is 0 Å². The fraction of sp³-hybridized carbons (Fsp3) is 0.364. The molecule has 0 spiro atoms. The summed E-state index contributed by atoms with van der Waals surface area (Å²) < 4.78 is 0. The minimum Gasteiger partial charge on any atom is -0.376 e. The molecule has 0 radical (unpaired) electrons. The van der Waals surface area contributed by atoms with Crippen molar-refractivity contribution in [2.24, 2.45) is 0 Å². The number of carbonyl (C=O) groups is 1. The van der Waals surface area contributed by atoms with Crippen molar-refractivity contribution >= 4 is 11.5 Å². The third kappa shape index (κ3) is 2.49. The Morgan fingerprint density at radius 2 is 2.36 bits per heavy atom. The second-order valence-corrected chi connectivity index (χ2v) is 3.42. The molecule has 3 heteroatoms. The first-order valence-electron chi connectivity index (χ1n) is 4.65. The fourth-order valence-electron chi connectivity index (χ4n) is 1.17. The van der Waals surface area contributed by atoms with Gasteiger partial charge in [0.2, 0.25) is 0 Å². The highest BCUT2D eigenvalue weighted by Gasteiger charge is 2.08. The second kappa shape index (κ2) is 4.65. The van der Waals surface area contributed by atoms with E-state index in [4.69, 9.17) is 0 Å². The molecule has 1 N–H and O–H groups in total. The van der Waals surface area contributed by atoms with Gasteiger partial charge in [-0.3, -0.25) is 4.79 Å². The number of aromatic amines is 1. The zero-order valence-electron chi connectivity index (χ0n) is 8.71. The summed E-state index contributed by atoms with van der Waals surface area (Å²) in [5.41, 5.74) is 1.70. The molecule has 0 aliphatic carbocycles. The van der Waals surface area contributed by atoms with Gasteiger partial charge in [0.05, 0.1) is 11.4 Å². The van der Waals surface area contributed by atoms with Crippen LogP contribution in [0.4, 0.5) is 5.69 Å². The smallest absolute Gasteiger partial charge is 0.179 e. The topological polar surface area (TPSA) is 36.1 Å². The molecule has 14 heavy (non-hydrogen) atoms. The van der Waals surface area contributed by atoms with E-state index in [0.29, 0.717) is 12.1 Å². The maximum Gasteiger partial charge on any atom is 0.179 e. The molecule has 0 bridgehead atoms. The van der Waals surface area contributed by atoms with Gasteiger partial charge in [0.15, 0.2) is 5.78 Å². The Labute approximate surface area is 84.4 Å². The number of hydrogen-bond donors (Lipinski definition) is 1. The van der Waals surface area contributed by atoms with Crippen LogP contribution in [0.25, 0.3) is 0 Å². The summed E-state index contributed by atoms with van der Waals surface area (Å²) in [5.74, 6) is 0.137. The molecule has 1 heterocycles. The molecule has 0 aromatic carbocycles. The quantitative estimate of drug-likeness (QED) is 0.573. The van der Waals surface area contributed by atoms with Crippen LogP contribution >= 0.6 is 0 Å². The summed E-state index contributed by atoms with van der Waals surface area (Å²) in [4.78, 5) is 16.5. The molecule has 1 aromatic rings. The molecule has 0 unspecified atom stereocenters. The molecular formula is C11H16N2O. The van der Waals surface area contributed by atoms with Crippen molar-refractivity contribution in [3.05, 3.63) is 30.6 Å². The van der Waals surface area contributed by atoms with Crippen molar-refractivity contribution in [1.29, 1.82) is 0 Å². The molecule has 0 saturated carbocycles. The van der Waals surface area contributed by atoms with Crippen LogP contribution in [0.2, 0.25) is 0 Å². The number of Topliss-reactive ketones (excluding diaryl/α,β-unsaturated/α-hetero) is 1. The first kappa shape index (κ1) is 10.6. The fourth-order valence-corrected chi connectivity index (χ4v) is 1.17. The highest BCUT2D eigenvalue weighted by atomic mass is 16.1. The predicted molar refractivity (Wildman–Crippen MR) is 58.9 cm³/mol. The summed E-state index contributed by atoms with van der Waals surface area (Å²) >= 11 is 0. The van der Waals surface area contributed by atoms with Gasteiger partial charge in [-0.05, 0) is 12.5 Å². The van der Waals surface area contributed by atoms with Crippen LogP contribution in [0.15, 0.2) is 24.9 Å². The highest BCUT2D eigenvalue weighted by Crippen LogP contribution is 2.14. The SMILES string of the molecule is C=CCCC(=O)c1cc(N(C)C)c[nH]1. The van der Waals surface area contributed by atoms with Crippen molar-refractivity contribution in [1.82, 2.24) is 4.98 Å². The number of carbonyl (C=O) groups excluding carboxylic acids is 1. The number of rotatable bonds is 5. The number of hydrogen-bond acceptors (Lipinski definition) is 2. The van der Waals surface area contributed by atoms with E-state index < -0.39 is 0 Å². The van der Waals surface area contributed by atoms with Crippen molar-refractivity contribution in [3.63, 3.8) is 0 Å². The zero-order valence-corrected chi connectivity index (χ0v) is 8.71. The van der Waals surface area contributed by atoms with Gasteiger partial charge < -0.3 is 9.88 Å². The van der Waals surface area contributed by atoms with Gasteiger partial charge in [0, 0.05) is 26.7 Å². The monoisotopic (exact) mass is 192 g/mol. The molecule has 1 aromatic heterocycles. The maximum absolute atomic E-state index is 11.5. The van der Waals surface area contributed by atoms with Crippen LogP contribution in [0, 0.1) is 0 Å². The first-order valence-corrected chi connectivity index (χ1v) is 4.65. The van der Waals surface area contributed by atoms with Gasteiger partial charge >= 0.3 is 0 Å². The predicted octanol–water partition coefficient (Wildman–Crippen LogP) is 2.23. The van der Waals surface area contributed by atoms with Crippen LogP contribution in [0.1, 0.15) is 23.3 Å². The number of nitrogens with zero attached hydrogens (tertiary/aromatic N) is 1. The molecular weight excluding hydrogens is 176 g/mol. The zero-order chi connectivity index (χ0) is 10.6. The summed E-state index contributed by atoms with van der Waals surface area (Å²) in [6.07, 6.45) is 4.85. The van der Waals surface area contributed by atoms with Gasteiger partial charge in [-0.1, -0.05) is 6.08 Å². The van der Waals surface area contributed by atoms with E-state index in [9.17, 15) is 4.79 Å². The van der Waals surface area contributed by atoms with Gasteiger partial charge in [0.25, 0.3) is 0 Å². The number of allylic oxidation sites excluding steroid dienone is 1. The summed E-state index contributed by atoms with van der Waals surface area (Å²) in [7, 11) is 3.89. The second-order valence-electron chi connectivity index (χ2n) is 3.42. The maximum atomic E-state index is 11.5. The molecule has 0 aliphatic rings. The van der Waals surface area contributed by atoms with Crippen molar-refractivity contribution < 1.29 is 4.79 Å². The molecule has 0 amide bonds. The molecule has 0 aliphatic heterocycles. The van der Waals surface area contributed by atoms with E-state index in [-0.39, 0.29) is 5.78 Å². The molecule has 3 nitrogen and oxygen atoms in total. The minimum absolute atomic E-state index is 0.137. The molecule has 76 valence electrons. The molecule has 0 atom stereocenters. The lowest BCUT2D eigenvalue weighted by molar-refractivity contribution is 0.0979. The third-order valence-corrected chi connectivity index (χ3v) is 2.06. The number of H-pyrrole nitrogens is 1. The minimum atomic E-state index is 0.137. The lowest BCUT2D eigenvalue weighted by Gasteiger charge is -2.07. The lowest BCUT2D eigenvalue weighted by atomic mass is 10.2. The Morgan fingerprint density at radius 1 is 1.64 bits per heavy atom. The van der Waals surface area contributed by atoms with Crippen molar-refractivity contribution in [2.75, 3.05) is 19.0 Å². The Balaban J connectivity index is 2.66. The number of ketones is 1. The van der Waals surface area contributed by atoms with Crippen LogP contribution in [0.3, 0.4) is 0 Å². The normalized spacial score (nSPS) is 9.86. The average molecular weight is 192 g/mol. The van der Waals surface area contributed by atoms with E-state index in [2.05, 4.69) is 11.6 Å². The van der Waals surface area contributed by atoms with Gasteiger partial charge in [-0.15, -0.1) is 6.58 Å². The van der Waals surface area contributed by atoms with Crippen LogP contribution < -0.4 is 4.90 Å². The molecule has 0 saturated heterocycles. The Hall–Kier alpha value is -1.51. The van der Waals surface area contributed by atoms with E-state index in [1.54, 1.807) is 6.08 Å².